The Balaban J connectivity index is 1.67. The van der Waals surface area contributed by atoms with Crippen molar-refractivity contribution in [3.63, 3.8) is 0 Å². The standard InChI is InChI=1S/C24H24N4O6/c1-4-33-24(30)18-8-7-9-20(13-18)27-16(2)12-19(17(27)3)14-25-26-23(29)15-34-22-11-6-5-10-21(22)28(31)32/h5-14H,4,15H2,1-3H3,(H,26,29)/b25-14+. The Morgan fingerprint density at radius 1 is 1.15 bits per heavy atom. The van der Waals surface area contributed by atoms with E-state index in [2.05, 4.69) is 10.5 Å². The lowest BCUT2D eigenvalue weighted by atomic mass is 10.2. The number of hydrazone groups is 1. The fourth-order valence-electron chi connectivity index (χ4n) is 3.38. The summed E-state index contributed by atoms with van der Waals surface area (Å²) in [7, 11) is 0. The predicted octanol–water partition coefficient (Wildman–Crippen LogP) is 3.71. The van der Waals surface area contributed by atoms with E-state index in [0.29, 0.717) is 12.2 Å². The van der Waals surface area contributed by atoms with Crippen molar-refractivity contribution < 1.29 is 24.0 Å². The molecule has 0 fully saturated rings. The molecule has 3 aromatic rings. The molecule has 0 aliphatic heterocycles. The SMILES string of the molecule is CCOC(=O)c1cccc(-n2c(C)cc(/C=N/NC(=O)COc3ccccc3[N+](=O)[O-])c2C)c1. The third-order valence-electron chi connectivity index (χ3n) is 4.90. The predicted molar refractivity (Wildman–Crippen MR) is 126 cm³/mol. The van der Waals surface area contributed by atoms with Gasteiger partial charge in [0.15, 0.2) is 12.4 Å². The van der Waals surface area contributed by atoms with Crippen LogP contribution < -0.4 is 10.2 Å². The van der Waals surface area contributed by atoms with E-state index < -0.39 is 17.4 Å². The van der Waals surface area contributed by atoms with Gasteiger partial charge in [-0.25, -0.2) is 10.2 Å². The van der Waals surface area contributed by atoms with E-state index in [9.17, 15) is 19.7 Å². The van der Waals surface area contributed by atoms with E-state index in [4.69, 9.17) is 9.47 Å². The molecule has 176 valence electrons. The first-order valence-corrected chi connectivity index (χ1v) is 10.5. The highest BCUT2D eigenvalue weighted by Crippen LogP contribution is 2.25. The van der Waals surface area contributed by atoms with Crippen LogP contribution >= 0.6 is 0 Å². The Bertz CT molecular complexity index is 1250. The smallest absolute Gasteiger partial charge is 0.338 e. The summed E-state index contributed by atoms with van der Waals surface area (Å²) in [5.74, 6) is -0.954. The highest BCUT2D eigenvalue weighted by Gasteiger charge is 2.15. The number of nitrogens with zero attached hydrogens (tertiary/aromatic N) is 3. The van der Waals surface area contributed by atoms with Crippen LogP contribution in [0.2, 0.25) is 0 Å². The first-order chi connectivity index (χ1) is 16.3. The molecule has 34 heavy (non-hydrogen) atoms. The van der Waals surface area contributed by atoms with Crippen LogP contribution in [0.25, 0.3) is 5.69 Å². The van der Waals surface area contributed by atoms with E-state index in [0.717, 1.165) is 22.6 Å². The Kier molecular flexibility index (Phi) is 7.75. The monoisotopic (exact) mass is 464 g/mol. The second-order valence-electron chi connectivity index (χ2n) is 7.24. The lowest BCUT2D eigenvalue weighted by Gasteiger charge is -2.11. The average Bonchev–Trinajstić information content (AvgIpc) is 3.10. The maximum Gasteiger partial charge on any atom is 0.338 e. The van der Waals surface area contributed by atoms with Gasteiger partial charge in [0.25, 0.3) is 5.91 Å². The first-order valence-electron chi connectivity index (χ1n) is 10.5. The van der Waals surface area contributed by atoms with Crippen molar-refractivity contribution in [2.75, 3.05) is 13.2 Å². The molecule has 0 saturated carbocycles. The van der Waals surface area contributed by atoms with Crippen molar-refractivity contribution in [2.45, 2.75) is 20.8 Å². The van der Waals surface area contributed by atoms with E-state index in [1.54, 1.807) is 31.2 Å². The summed E-state index contributed by atoms with van der Waals surface area (Å²) in [6.45, 7) is 5.43. The summed E-state index contributed by atoms with van der Waals surface area (Å²) >= 11 is 0. The Labute approximate surface area is 196 Å². The number of ether oxygens (including phenoxy) is 2. The number of carbonyl (C=O) groups excluding carboxylic acids is 2. The topological polar surface area (TPSA) is 125 Å². The average molecular weight is 464 g/mol. The number of esters is 1. The zero-order chi connectivity index (χ0) is 24.7. The number of hydrogen-bond donors (Lipinski definition) is 1. The molecule has 0 aliphatic rings. The second-order valence-corrected chi connectivity index (χ2v) is 7.24. The number of nitro groups is 1. The second kappa shape index (κ2) is 10.9. The van der Waals surface area contributed by atoms with Crippen LogP contribution in [0.4, 0.5) is 5.69 Å². The van der Waals surface area contributed by atoms with E-state index >= 15 is 0 Å². The van der Waals surface area contributed by atoms with Gasteiger partial charge in [-0.1, -0.05) is 18.2 Å². The van der Waals surface area contributed by atoms with Crippen LogP contribution in [0.5, 0.6) is 5.75 Å². The van der Waals surface area contributed by atoms with Crippen LogP contribution in [-0.4, -0.2) is 40.8 Å². The Morgan fingerprint density at radius 3 is 2.65 bits per heavy atom. The van der Waals surface area contributed by atoms with Gasteiger partial charge in [0.2, 0.25) is 0 Å². The zero-order valence-electron chi connectivity index (χ0n) is 19.0. The minimum absolute atomic E-state index is 0.000207. The van der Waals surface area contributed by atoms with Crippen LogP contribution in [0.15, 0.2) is 59.7 Å². The van der Waals surface area contributed by atoms with Gasteiger partial charge in [0.05, 0.1) is 23.3 Å². The van der Waals surface area contributed by atoms with Crippen LogP contribution in [-0.2, 0) is 9.53 Å². The maximum absolute atomic E-state index is 12.1. The minimum atomic E-state index is -0.580. The first kappa shape index (κ1) is 24.2. The van der Waals surface area contributed by atoms with Gasteiger partial charge in [-0.15, -0.1) is 0 Å². The van der Waals surface area contributed by atoms with Gasteiger partial charge in [-0.3, -0.25) is 14.9 Å². The summed E-state index contributed by atoms with van der Waals surface area (Å²) in [6, 6.07) is 14.8. The minimum Gasteiger partial charge on any atom is -0.477 e. The third-order valence-corrected chi connectivity index (χ3v) is 4.90. The lowest BCUT2D eigenvalue weighted by Crippen LogP contribution is -2.24. The highest BCUT2D eigenvalue weighted by atomic mass is 16.6. The molecule has 3 rings (SSSR count). The number of nitro benzene ring substituents is 1. The fourth-order valence-corrected chi connectivity index (χ4v) is 3.38. The van der Waals surface area contributed by atoms with Crippen molar-refractivity contribution in [1.29, 1.82) is 0 Å². The summed E-state index contributed by atoms with van der Waals surface area (Å²) in [5.41, 5.74) is 5.90. The molecular weight excluding hydrogens is 440 g/mol. The van der Waals surface area contributed by atoms with E-state index in [1.807, 2.05) is 30.5 Å². The van der Waals surface area contributed by atoms with Gasteiger partial charge in [0, 0.05) is 28.7 Å². The Morgan fingerprint density at radius 2 is 1.91 bits per heavy atom. The molecule has 10 nitrogen and oxygen atoms in total. The van der Waals surface area contributed by atoms with E-state index in [1.165, 1.54) is 24.4 Å². The largest absolute Gasteiger partial charge is 0.477 e. The number of hydrogen-bond acceptors (Lipinski definition) is 7. The molecule has 0 unspecified atom stereocenters. The highest BCUT2D eigenvalue weighted by molar-refractivity contribution is 5.90. The Hall–Kier alpha value is -4.47. The van der Waals surface area contributed by atoms with Gasteiger partial charge in [-0.05, 0) is 51.1 Å². The molecule has 0 saturated heterocycles. The molecule has 0 bridgehead atoms. The van der Waals surface area contributed by atoms with Gasteiger partial charge in [-0.2, -0.15) is 5.10 Å². The lowest BCUT2D eigenvalue weighted by molar-refractivity contribution is -0.385. The normalized spacial score (nSPS) is 10.8. The number of para-hydroxylation sites is 2. The summed E-state index contributed by atoms with van der Waals surface area (Å²) in [6.07, 6.45) is 1.50. The maximum atomic E-state index is 12.1. The summed E-state index contributed by atoms with van der Waals surface area (Å²) in [4.78, 5) is 34.6. The molecule has 0 aliphatic carbocycles. The molecule has 1 amide bonds. The van der Waals surface area contributed by atoms with Gasteiger partial charge >= 0.3 is 11.7 Å². The van der Waals surface area contributed by atoms with Crippen LogP contribution in [0.1, 0.15) is 34.2 Å². The zero-order valence-corrected chi connectivity index (χ0v) is 19.0. The summed E-state index contributed by atoms with van der Waals surface area (Å²) < 4.78 is 12.3. The number of benzene rings is 2. The molecule has 1 aromatic heterocycles. The third kappa shape index (κ3) is 5.66. The van der Waals surface area contributed by atoms with Crippen LogP contribution in [0.3, 0.4) is 0 Å². The van der Waals surface area contributed by atoms with Gasteiger partial charge < -0.3 is 14.0 Å². The molecule has 1 N–H and O–H groups in total. The molecule has 0 radical (unpaired) electrons. The number of aromatic nitrogens is 1. The molecule has 2 aromatic carbocycles. The number of amides is 1. The van der Waals surface area contributed by atoms with Crippen molar-refractivity contribution in [1.82, 2.24) is 9.99 Å². The number of aryl methyl sites for hydroxylation is 1. The molecule has 10 heteroatoms. The van der Waals surface area contributed by atoms with Crippen molar-refractivity contribution in [2.24, 2.45) is 5.10 Å². The van der Waals surface area contributed by atoms with Gasteiger partial charge in [0.1, 0.15) is 0 Å². The van der Waals surface area contributed by atoms with Crippen molar-refractivity contribution in [3.8, 4) is 11.4 Å². The quantitative estimate of drug-likeness (QED) is 0.223. The van der Waals surface area contributed by atoms with Crippen molar-refractivity contribution >= 4 is 23.8 Å². The number of nitrogens with one attached hydrogen (secondary N) is 1. The van der Waals surface area contributed by atoms with Crippen molar-refractivity contribution in [3.05, 3.63) is 87.2 Å². The van der Waals surface area contributed by atoms with Crippen LogP contribution in [0, 0.1) is 24.0 Å². The molecular formula is C24H24N4O6. The summed E-state index contributed by atoms with van der Waals surface area (Å²) in [5, 5.41) is 15.0. The van der Waals surface area contributed by atoms with E-state index in [-0.39, 0.29) is 17.4 Å². The molecule has 0 atom stereocenters. The number of carbonyl (C=O) groups is 2. The fraction of sp³-hybridized carbons (Fsp3) is 0.208. The number of rotatable bonds is 9. The molecule has 0 spiro atoms. The molecule has 1 heterocycles.